The third-order valence-corrected chi connectivity index (χ3v) is 7.24. The Hall–Kier alpha value is -3.22. The quantitative estimate of drug-likeness (QED) is 0.181. The van der Waals surface area contributed by atoms with Gasteiger partial charge in [-0.05, 0) is 24.1 Å². The number of ether oxygens (including phenoxy) is 2. The first-order valence-corrected chi connectivity index (χ1v) is 14.6. The zero-order valence-electron chi connectivity index (χ0n) is 24.0. The summed E-state index contributed by atoms with van der Waals surface area (Å²) in [6.45, 7) is 1.65. The maximum atomic E-state index is 14.4. The molecule has 2 aromatic rings. The molecule has 0 saturated carbocycles. The normalized spacial score (nSPS) is 19.5. The van der Waals surface area contributed by atoms with Gasteiger partial charge in [-0.3, -0.25) is 14.2 Å². The van der Waals surface area contributed by atoms with Gasteiger partial charge in [0.25, 0.3) is 5.91 Å². The molecule has 232 valence electrons. The summed E-state index contributed by atoms with van der Waals surface area (Å²) in [5.41, 5.74) is -0.578. The Bertz CT molecular complexity index is 1220. The van der Waals surface area contributed by atoms with Crippen molar-refractivity contribution >= 4 is 17.7 Å². The second kappa shape index (κ2) is 16.4. The highest BCUT2D eigenvalue weighted by molar-refractivity contribution is 6.05. The number of rotatable bonds is 17. The van der Waals surface area contributed by atoms with Crippen molar-refractivity contribution in [1.29, 1.82) is 0 Å². The molecule has 42 heavy (non-hydrogen) atoms. The van der Waals surface area contributed by atoms with E-state index in [1.165, 1.54) is 51.0 Å². The number of nitrogens with zero attached hydrogens (tertiary/aromatic N) is 2. The van der Waals surface area contributed by atoms with Crippen molar-refractivity contribution in [1.82, 2.24) is 9.55 Å². The van der Waals surface area contributed by atoms with Crippen molar-refractivity contribution in [2.75, 3.05) is 18.5 Å². The number of amides is 1. The van der Waals surface area contributed by atoms with Crippen LogP contribution in [0.15, 0.2) is 41.3 Å². The number of aromatic nitrogens is 2. The third-order valence-electron chi connectivity index (χ3n) is 7.24. The minimum Gasteiger partial charge on any atom is -0.465 e. The van der Waals surface area contributed by atoms with E-state index in [-0.39, 0.29) is 17.8 Å². The van der Waals surface area contributed by atoms with E-state index in [0.717, 1.165) is 31.5 Å². The molecule has 0 aliphatic carbocycles. The number of halogens is 2. The molecule has 0 unspecified atom stereocenters. The summed E-state index contributed by atoms with van der Waals surface area (Å²) in [5, 5.41) is 21.3. The van der Waals surface area contributed by atoms with Gasteiger partial charge in [0.15, 0.2) is 6.10 Å². The lowest BCUT2D eigenvalue weighted by Crippen LogP contribution is -2.41. The van der Waals surface area contributed by atoms with Gasteiger partial charge in [-0.2, -0.15) is 13.8 Å². The molecule has 12 heteroatoms. The Labute approximate surface area is 244 Å². The highest BCUT2D eigenvalue weighted by Gasteiger charge is 2.59. The van der Waals surface area contributed by atoms with Crippen molar-refractivity contribution in [2.45, 2.75) is 102 Å². The fourth-order valence-electron chi connectivity index (χ4n) is 4.84. The maximum Gasteiger partial charge on any atom is 0.351 e. The molecule has 3 rings (SSSR count). The summed E-state index contributed by atoms with van der Waals surface area (Å²) in [6.07, 6.45) is 6.46. The Balaban J connectivity index is 1.48. The first-order chi connectivity index (χ1) is 20.2. The molecule has 1 aromatic carbocycles. The van der Waals surface area contributed by atoms with Crippen LogP contribution in [0.4, 0.5) is 14.6 Å². The summed E-state index contributed by atoms with van der Waals surface area (Å²) >= 11 is 0. The molecule has 3 N–H and O–H groups in total. The molecule has 1 saturated heterocycles. The van der Waals surface area contributed by atoms with E-state index in [1.807, 2.05) is 0 Å². The molecule has 3 atom stereocenters. The van der Waals surface area contributed by atoms with Gasteiger partial charge in [0.2, 0.25) is 6.23 Å². The number of unbranched alkanes of at least 4 members (excludes halogenated alkanes) is 9. The smallest absolute Gasteiger partial charge is 0.351 e. The largest absolute Gasteiger partial charge is 0.465 e. The van der Waals surface area contributed by atoms with Crippen LogP contribution < -0.4 is 11.0 Å². The Kier molecular flexibility index (Phi) is 13.0. The van der Waals surface area contributed by atoms with Gasteiger partial charge in [-0.15, -0.1) is 0 Å². The number of hydrogen-bond acceptors (Lipinski definition) is 8. The lowest BCUT2D eigenvalue weighted by Gasteiger charge is -2.21. The summed E-state index contributed by atoms with van der Waals surface area (Å²) in [7, 11) is 0. The van der Waals surface area contributed by atoms with E-state index < -0.39 is 48.5 Å². The van der Waals surface area contributed by atoms with Crippen LogP contribution in [0.5, 0.6) is 0 Å². The second-order valence-electron chi connectivity index (χ2n) is 10.5. The fraction of sp³-hybridized carbons (Fsp3) is 0.600. The Morgan fingerprint density at radius 3 is 2.31 bits per heavy atom. The highest BCUT2D eigenvalue weighted by Crippen LogP contribution is 2.42. The average molecular weight is 594 g/mol. The molecule has 10 nitrogen and oxygen atoms in total. The number of aliphatic hydroxyl groups is 2. The van der Waals surface area contributed by atoms with Crippen LogP contribution in [0, 0.1) is 0 Å². The predicted octanol–water partition coefficient (Wildman–Crippen LogP) is 4.39. The van der Waals surface area contributed by atoms with E-state index in [2.05, 4.69) is 17.2 Å². The van der Waals surface area contributed by atoms with Crippen LogP contribution in [0.25, 0.3) is 0 Å². The highest BCUT2D eigenvalue weighted by atomic mass is 19.3. The zero-order valence-corrected chi connectivity index (χ0v) is 24.0. The first kappa shape index (κ1) is 33.3. The molecular formula is C30H41F2N3O7. The summed E-state index contributed by atoms with van der Waals surface area (Å²) < 4.78 is 39.6. The van der Waals surface area contributed by atoms with E-state index in [0.29, 0.717) is 16.7 Å². The number of anilines is 1. The standard InChI is InChI=1S/C30H41F2N3O7/c1-2-3-4-5-6-7-8-9-10-13-18-41-25(37)19-21-14-11-12-15-22(21)27(39)33-24-16-17-35(29(40)34-24)28-30(31,32)26(38)23(20-36)42-28/h11-12,14-17,23,26,28,36,38H,2-10,13,18-20H2,1H3,(H,33,34,39,40)/t23-,26-,28-/m1/s1. The van der Waals surface area contributed by atoms with E-state index in [4.69, 9.17) is 14.6 Å². The van der Waals surface area contributed by atoms with Gasteiger partial charge in [0.05, 0.1) is 19.6 Å². The van der Waals surface area contributed by atoms with E-state index in [9.17, 15) is 28.3 Å². The molecule has 0 spiro atoms. The number of carbonyl (C=O) groups is 2. The average Bonchev–Trinajstić information content (AvgIpc) is 3.19. The minimum atomic E-state index is -3.86. The third kappa shape index (κ3) is 9.14. The number of benzene rings is 1. The molecular weight excluding hydrogens is 552 g/mol. The first-order valence-electron chi connectivity index (χ1n) is 14.6. The Morgan fingerprint density at radius 1 is 1.05 bits per heavy atom. The molecule has 1 amide bonds. The van der Waals surface area contributed by atoms with Crippen molar-refractivity contribution in [3.63, 3.8) is 0 Å². The monoisotopic (exact) mass is 593 g/mol. The number of aliphatic hydroxyl groups excluding tert-OH is 2. The second-order valence-corrected chi connectivity index (χ2v) is 10.5. The van der Waals surface area contributed by atoms with Crippen molar-refractivity contribution in [2.24, 2.45) is 0 Å². The van der Waals surface area contributed by atoms with E-state index in [1.54, 1.807) is 18.2 Å². The lowest BCUT2D eigenvalue weighted by molar-refractivity contribution is -0.143. The van der Waals surface area contributed by atoms with Crippen LogP contribution in [0.3, 0.4) is 0 Å². The van der Waals surface area contributed by atoms with Crippen LogP contribution >= 0.6 is 0 Å². The number of alkyl halides is 2. The molecule has 0 radical (unpaired) electrons. The zero-order chi connectivity index (χ0) is 30.5. The molecule has 1 fully saturated rings. The number of nitrogens with one attached hydrogen (secondary N) is 1. The number of carbonyl (C=O) groups excluding carboxylic acids is 2. The van der Waals surface area contributed by atoms with Crippen molar-refractivity contribution in [3.05, 3.63) is 58.1 Å². The maximum absolute atomic E-state index is 14.4. The van der Waals surface area contributed by atoms with Gasteiger partial charge < -0.3 is 25.0 Å². The minimum absolute atomic E-state index is 0.126. The summed E-state index contributed by atoms with van der Waals surface area (Å²) in [5.74, 6) is -5.19. The lowest BCUT2D eigenvalue weighted by atomic mass is 10.0. The molecule has 0 bridgehead atoms. The molecule has 1 aliphatic heterocycles. The van der Waals surface area contributed by atoms with E-state index >= 15 is 0 Å². The predicted molar refractivity (Wildman–Crippen MR) is 151 cm³/mol. The van der Waals surface area contributed by atoms with Crippen LogP contribution in [0.1, 0.15) is 93.3 Å². The van der Waals surface area contributed by atoms with Crippen molar-refractivity contribution < 1.29 is 38.1 Å². The molecule has 1 aliphatic rings. The SMILES string of the molecule is CCCCCCCCCCCCOC(=O)Cc1ccccc1C(=O)Nc1ccn([C@@H]2O[C@H](CO)[C@@H](O)C2(F)F)c(=O)n1. The Morgan fingerprint density at radius 2 is 1.69 bits per heavy atom. The van der Waals surface area contributed by atoms with Gasteiger partial charge in [0, 0.05) is 11.8 Å². The summed E-state index contributed by atoms with van der Waals surface area (Å²) in [4.78, 5) is 41.5. The van der Waals surface area contributed by atoms with Crippen LogP contribution in [0.2, 0.25) is 0 Å². The van der Waals surface area contributed by atoms with Gasteiger partial charge in [-0.1, -0.05) is 82.9 Å². The summed E-state index contributed by atoms with van der Waals surface area (Å²) in [6, 6.07) is 7.54. The van der Waals surface area contributed by atoms with Crippen LogP contribution in [-0.4, -0.2) is 63.0 Å². The van der Waals surface area contributed by atoms with Gasteiger partial charge in [-0.25, -0.2) is 4.79 Å². The molecule has 2 heterocycles. The van der Waals surface area contributed by atoms with Crippen LogP contribution in [-0.2, 0) is 20.7 Å². The fourth-order valence-corrected chi connectivity index (χ4v) is 4.84. The van der Waals surface area contributed by atoms with Gasteiger partial charge >= 0.3 is 17.6 Å². The number of hydrogen-bond donors (Lipinski definition) is 3. The number of esters is 1. The molecule has 1 aromatic heterocycles. The van der Waals surface area contributed by atoms with Gasteiger partial charge in [0.1, 0.15) is 11.9 Å². The topological polar surface area (TPSA) is 140 Å². The van der Waals surface area contributed by atoms with Crippen molar-refractivity contribution in [3.8, 4) is 0 Å².